The van der Waals surface area contributed by atoms with E-state index in [1.807, 2.05) is 37.3 Å². The fraction of sp³-hybridized carbons (Fsp3) is 0.125. The second-order valence-corrected chi connectivity index (χ2v) is 8.02. The van der Waals surface area contributed by atoms with Crippen LogP contribution in [0.15, 0.2) is 83.3 Å². The van der Waals surface area contributed by atoms with E-state index in [2.05, 4.69) is 26.6 Å². The average Bonchev–Trinajstić information content (AvgIpc) is 2.75. The normalized spacial score (nSPS) is 12.5. The van der Waals surface area contributed by atoms with Crippen LogP contribution in [0, 0.1) is 5.41 Å². The molecular formula is C24H23BrN4O2. The topological polar surface area (TPSA) is 108 Å². The Morgan fingerprint density at radius 1 is 0.903 bits per heavy atom. The molecule has 158 valence electrons. The molecule has 3 rings (SSSR count). The zero-order valence-electron chi connectivity index (χ0n) is 16.9. The lowest BCUT2D eigenvalue weighted by Gasteiger charge is -2.21. The maximum atomic E-state index is 13.2. The molecule has 0 fully saturated rings. The van der Waals surface area contributed by atoms with Gasteiger partial charge in [0.15, 0.2) is 0 Å². The highest BCUT2D eigenvalue weighted by Crippen LogP contribution is 2.23. The Morgan fingerprint density at radius 2 is 1.55 bits per heavy atom. The number of rotatable bonds is 7. The number of amides is 2. The smallest absolute Gasteiger partial charge is 0.241 e. The molecule has 2 atom stereocenters. The highest BCUT2D eigenvalue weighted by molar-refractivity contribution is 9.10. The van der Waals surface area contributed by atoms with Crippen LogP contribution in [0.2, 0.25) is 0 Å². The average molecular weight is 479 g/mol. The molecule has 0 bridgehead atoms. The first kappa shape index (κ1) is 22.2. The highest BCUT2D eigenvalue weighted by atomic mass is 79.9. The van der Waals surface area contributed by atoms with E-state index in [9.17, 15) is 9.59 Å². The van der Waals surface area contributed by atoms with Gasteiger partial charge in [-0.1, -0.05) is 58.4 Å². The number of nitrogens with one attached hydrogen (secondary N) is 3. The lowest BCUT2D eigenvalue weighted by atomic mass is 9.96. The van der Waals surface area contributed by atoms with Crippen LogP contribution in [0.3, 0.4) is 0 Å². The van der Waals surface area contributed by atoms with Gasteiger partial charge in [0, 0.05) is 15.7 Å². The number of halogens is 1. The summed E-state index contributed by atoms with van der Waals surface area (Å²) in [6.07, 6.45) is 0. The van der Waals surface area contributed by atoms with Crippen LogP contribution in [0.5, 0.6) is 0 Å². The number of nitrogens with two attached hydrogens (primary N) is 1. The SMILES string of the molecule is C[C@H](NC(=O)C(C(=O)Nc1ccc(C(=N)N)cc1)c1ccccc1)c1cccc(Br)c1. The quantitative estimate of drug-likeness (QED) is 0.230. The third kappa shape index (κ3) is 5.79. The largest absolute Gasteiger partial charge is 0.384 e. The molecule has 0 saturated carbocycles. The molecule has 0 aliphatic carbocycles. The van der Waals surface area contributed by atoms with Crippen molar-refractivity contribution in [1.29, 1.82) is 5.41 Å². The molecule has 5 N–H and O–H groups in total. The van der Waals surface area contributed by atoms with Gasteiger partial charge in [-0.2, -0.15) is 0 Å². The molecule has 6 nitrogen and oxygen atoms in total. The van der Waals surface area contributed by atoms with Gasteiger partial charge in [0.25, 0.3) is 0 Å². The van der Waals surface area contributed by atoms with Gasteiger partial charge in [-0.05, 0) is 54.4 Å². The molecule has 0 saturated heterocycles. The van der Waals surface area contributed by atoms with Crippen molar-refractivity contribution in [1.82, 2.24) is 5.32 Å². The van der Waals surface area contributed by atoms with Crippen molar-refractivity contribution >= 4 is 39.3 Å². The lowest BCUT2D eigenvalue weighted by molar-refractivity contribution is -0.129. The number of benzene rings is 3. The van der Waals surface area contributed by atoms with Gasteiger partial charge >= 0.3 is 0 Å². The predicted molar refractivity (Wildman–Crippen MR) is 126 cm³/mol. The van der Waals surface area contributed by atoms with Crippen molar-refractivity contribution in [2.24, 2.45) is 5.73 Å². The van der Waals surface area contributed by atoms with Crippen molar-refractivity contribution in [2.75, 3.05) is 5.32 Å². The number of hydrogen-bond donors (Lipinski definition) is 4. The molecule has 3 aromatic rings. The molecule has 0 spiro atoms. The number of carbonyl (C=O) groups excluding carboxylic acids is 2. The Kier molecular flexibility index (Phi) is 7.20. The zero-order valence-corrected chi connectivity index (χ0v) is 18.5. The Hall–Kier alpha value is -3.45. The first-order valence-corrected chi connectivity index (χ1v) is 10.5. The van der Waals surface area contributed by atoms with Crippen LogP contribution in [0.25, 0.3) is 0 Å². The Bertz CT molecular complexity index is 1080. The Balaban J connectivity index is 1.81. The minimum atomic E-state index is -1.02. The van der Waals surface area contributed by atoms with Gasteiger partial charge < -0.3 is 16.4 Å². The minimum Gasteiger partial charge on any atom is -0.384 e. The predicted octanol–water partition coefficient (Wildman–Crippen LogP) is 4.33. The second-order valence-electron chi connectivity index (χ2n) is 7.11. The van der Waals surface area contributed by atoms with Gasteiger partial charge in [0.1, 0.15) is 11.8 Å². The van der Waals surface area contributed by atoms with Crippen LogP contribution in [-0.2, 0) is 9.59 Å². The van der Waals surface area contributed by atoms with Gasteiger partial charge in [0.2, 0.25) is 11.8 Å². The molecular weight excluding hydrogens is 456 g/mol. The maximum Gasteiger partial charge on any atom is 0.241 e. The van der Waals surface area contributed by atoms with E-state index in [1.165, 1.54) is 0 Å². The Labute approximate surface area is 189 Å². The van der Waals surface area contributed by atoms with E-state index in [0.717, 1.165) is 10.0 Å². The highest BCUT2D eigenvalue weighted by Gasteiger charge is 2.29. The zero-order chi connectivity index (χ0) is 22.4. The van der Waals surface area contributed by atoms with E-state index in [-0.39, 0.29) is 11.9 Å². The van der Waals surface area contributed by atoms with Crippen LogP contribution >= 0.6 is 15.9 Å². The molecule has 2 amide bonds. The number of anilines is 1. The summed E-state index contributed by atoms with van der Waals surface area (Å²) in [5, 5.41) is 13.2. The van der Waals surface area contributed by atoms with E-state index < -0.39 is 17.7 Å². The third-order valence-electron chi connectivity index (χ3n) is 4.83. The van der Waals surface area contributed by atoms with Crippen molar-refractivity contribution in [2.45, 2.75) is 18.9 Å². The molecule has 7 heteroatoms. The van der Waals surface area contributed by atoms with Crippen molar-refractivity contribution in [3.8, 4) is 0 Å². The van der Waals surface area contributed by atoms with Crippen molar-refractivity contribution in [3.63, 3.8) is 0 Å². The van der Waals surface area contributed by atoms with Crippen LogP contribution < -0.4 is 16.4 Å². The minimum absolute atomic E-state index is 0.0547. The summed E-state index contributed by atoms with van der Waals surface area (Å²) in [7, 11) is 0. The van der Waals surface area contributed by atoms with Crippen molar-refractivity contribution in [3.05, 3.63) is 100 Å². The summed E-state index contributed by atoms with van der Waals surface area (Å²) in [5.74, 6) is -1.92. The molecule has 0 aliphatic heterocycles. The molecule has 1 unspecified atom stereocenters. The summed E-state index contributed by atoms with van der Waals surface area (Å²) in [5.41, 5.74) is 8.07. The first-order chi connectivity index (χ1) is 14.8. The van der Waals surface area contributed by atoms with E-state index in [1.54, 1.807) is 48.5 Å². The van der Waals surface area contributed by atoms with Crippen LogP contribution in [-0.4, -0.2) is 17.6 Å². The first-order valence-electron chi connectivity index (χ1n) is 9.71. The fourth-order valence-electron chi connectivity index (χ4n) is 3.17. The maximum absolute atomic E-state index is 13.2. The van der Waals surface area contributed by atoms with E-state index in [0.29, 0.717) is 16.8 Å². The fourth-order valence-corrected chi connectivity index (χ4v) is 3.59. The second kappa shape index (κ2) is 10.0. The number of amidine groups is 1. The summed E-state index contributed by atoms with van der Waals surface area (Å²) in [6, 6.07) is 22.9. The number of carbonyl (C=O) groups is 2. The van der Waals surface area contributed by atoms with Gasteiger partial charge in [0.05, 0.1) is 6.04 Å². The van der Waals surface area contributed by atoms with E-state index >= 15 is 0 Å². The van der Waals surface area contributed by atoms with Gasteiger partial charge in [-0.15, -0.1) is 0 Å². The third-order valence-corrected chi connectivity index (χ3v) is 5.32. The lowest BCUT2D eigenvalue weighted by Crippen LogP contribution is -2.37. The summed E-state index contributed by atoms with van der Waals surface area (Å²) < 4.78 is 0.914. The summed E-state index contributed by atoms with van der Waals surface area (Å²) in [6.45, 7) is 1.88. The standard InChI is InChI=1S/C24H23BrN4O2/c1-15(18-8-5-9-19(25)14-18)28-23(30)21(16-6-3-2-4-7-16)24(31)29-20-12-10-17(11-13-20)22(26)27/h2-15,21H,1H3,(H3,26,27)(H,28,30)(H,29,31)/t15-,21?/m0/s1. The Morgan fingerprint density at radius 3 is 2.16 bits per heavy atom. The van der Waals surface area contributed by atoms with Crippen LogP contribution in [0.1, 0.15) is 35.6 Å². The molecule has 0 aromatic heterocycles. The molecule has 0 heterocycles. The number of nitrogen functional groups attached to an aromatic ring is 1. The molecule has 0 radical (unpaired) electrons. The summed E-state index contributed by atoms with van der Waals surface area (Å²) >= 11 is 3.44. The van der Waals surface area contributed by atoms with Gasteiger partial charge in [-0.25, -0.2) is 0 Å². The monoisotopic (exact) mass is 478 g/mol. The van der Waals surface area contributed by atoms with Crippen LogP contribution in [0.4, 0.5) is 5.69 Å². The molecule has 0 aliphatic rings. The van der Waals surface area contributed by atoms with Gasteiger partial charge in [-0.3, -0.25) is 15.0 Å². The molecule has 31 heavy (non-hydrogen) atoms. The number of hydrogen-bond acceptors (Lipinski definition) is 3. The van der Waals surface area contributed by atoms with E-state index in [4.69, 9.17) is 11.1 Å². The summed E-state index contributed by atoms with van der Waals surface area (Å²) in [4.78, 5) is 26.3. The molecule has 3 aromatic carbocycles. The van der Waals surface area contributed by atoms with Crippen molar-refractivity contribution < 1.29 is 9.59 Å².